The van der Waals surface area contributed by atoms with Crippen LogP contribution in [0.5, 0.6) is 0 Å². The van der Waals surface area contributed by atoms with Crippen LogP contribution in [0.3, 0.4) is 0 Å². The van der Waals surface area contributed by atoms with Gasteiger partial charge in [-0.05, 0) is 47.7 Å². The molecule has 5 nitrogen and oxygen atoms in total. The molecule has 0 aliphatic heterocycles. The van der Waals surface area contributed by atoms with Crippen molar-refractivity contribution >= 4 is 33.3 Å². The summed E-state index contributed by atoms with van der Waals surface area (Å²) in [6.45, 7) is 4.23. The Morgan fingerprint density at radius 3 is 2.77 bits per heavy atom. The van der Waals surface area contributed by atoms with Crippen LogP contribution in [0, 0.1) is 6.92 Å². The number of hydrogen-bond acceptors (Lipinski definition) is 4. The van der Waals surface area contributed by atoms with Crippen molar-refractivity contribution in [3.05, 3.63) is 57.7 Å². The number of amides is 1. The molecular formula is C20H22N2O3S. The topological polar surface area (TPSA) is 71.2 Å². The van der Waals surface area contributed by atoms with Crippen molar-refractivity contribution in [2.24, 2.45) is 0 Å². The number of thiophene rings is 1. The van der Waals surface area contributed by atoms with E-state index in [4.69, 9.17) is 4.74 Å². The minimum Gasteiger partial charge on any atom is -0.465 e. The smallest absolute Gasteiger partial charge is 0.339 e. The van der Waals surface area contributed by atoms with Crippen LogP contribution in [-0.4, -0.2) is 30.5 Å². The van der Waals surface area contributed by atoms with Crippen LogP contribution in [0.25, 0.3) is 10.1 Å². The largest absolute Gasteiger partial charge is 0.465 e. The molecule has 3 rings (SSSR count). The Kier molecular flexibility index (Phi) is 5.42. The van der Waals surface area contributed by atoms with Gasteiger partial charge in [0.1, 0.15) is 5.69 Å². The predicted molar refractivity (Wildman–Crippen MR) is 104 cm³/mol. The first-order chi connectivity index (χ1) is 12.6. The van der Waals surface area contributed by atoms with Crippen molar-refractivity contribution in [2.75, 3.05) is 13.7 Å². The molecule has 1 amide bonds. The first kappa shape index (κ1) is 18.2. The Balaban J connectivity index is 1.70. The molecule has 136 valence electrons. The van der Waals surface area contributed by atoms with Gasteiger partial charge in [-0.1, -0.05) is 25.1 Å². The monoisotopic (exact) mass is 370 g/mol. The molecule has 6 heteroatoms. The second-order valence-corrected chi connectivity index (χ2v) is 7.00. The summed E-state index contributed by atoms with van der Waals surface area (Å²) in [5.74, 6) is -0.619. The molecule has 2 heterocycles. The normalized spacial score (nSPS) is 10.9. The number of carbonyl (C=O) groups excluding carboxylic acids is 2. The van der Waals surface area contributed by atoms with Crippen LogP contribution >= 0.6 is 11.3 Å². The zero-order valence-electron chi connectivity index (χ0n) is 15.1. The summed E-state index contributed by atoms with van der Waals surface area (Å²) in [5.41, 5.74) is 3.48. The number of ether oxygens (including phenoxy) is 1. The lowest BCUT2D eigenvalue weighted by atomic mass is 10.1. The van der Waals surface area contributed by atoms with Gasteiger partial charge in [-0.15, -0.1) is 11.3 Å². The standard InChI is InChI=1S/C20H22N2O3S/c1-4-15-17(20(24)25-3)12(2)18(22-15)19(23)21-10-9-13-11-26-16-8-6-5-7-14(13)16/h5-8,11,22H,4,9-10H2,1-3H3,(H,21,23). The van der Waals surface area contributed by atoms with Crippen LogP contribution in [0.1, 0.15) is 44.6 Å². The third-order valence-electron chi connectivity index (χ3n) is 4.54. The van der Waals surface area contributed by atoms with Gasteiger partial charge in [0.05, 0.1) is 12.7 Å². The molecule has 0 saturated heterocycles. The first-order valence-corrected chi connectivity index (χ1v) is 9.47. The molecule has 0 unspecified atom stereocenters. The van der Waals surface area contributed by atoms with E-state index in [1.165, 1.54) is 22.8 Å². The van der Waals surface area contributed by atoms with Crippen molar-refractivity contribution in [2.45, 2.75) is 26.7 Å². The number of H-pyrrole nitrogens is 1. The minimum atomic E-state index is -0.417. The van der Waals surface area contributed by atoms with Crippen LogP contribution in [-0.2, 0) is 17.6 Å². The second kappa shape index (κ2) is 7.74. The van der Waals surface area contributed by atoms with E-state index in [1.807, 2.05) is 19.1 Å². The quantitative estimate of drug-likeness (QED) is 0.647. The van der Waals surface area contributed by atoms with Crippen LogP contribution in [0.4, 0.5) is 0 Å². The van der Waals surface area contributed by atoms with Crippen molar-refractivity contribution in [3.8, 4) is 0 Å². The first-order valence-electron chi connectivity index (χ1n) is 8.59. The molecule has 26 heavy (non-hydrogen) atoms. The average molecular weight is 370 g/mol. The maximum absolute atomic E-state index is 12.6. The van der Waals surface area contributed by atoms with E-state index in [1.54, 1.807) is 18.3 Å². The maximum atomic E-state index is 12.6. The van der Waals surface area contributed by atoms with E-state index in [0.717, 1.165) is 12.1 Å². The van der Waals surface area contributed by atoms with E-state index in [0.29, 0.717) is 29.8 Å². The Morgan fingerprint density at radius 2 is 2.04 bits per heavy atom. The lowest BCUT2D eigenvalue weighted by Crippen LogP contribution is -2.26. The van der Waals surface area contributed by atoms with E-state index in [9.17, 15) is 9.59 Å². The highest BCUT2D eigenvalue weighted by atomic mass is 32.1. The third kappa shape index (κ3) is 3.37. The lowest BCUT2D eigenvalue weighted by molar-refractivity contribution is 0.0599. The van der Waals surface area contributed by atoms with Crippen LogP contribution in [0.2, 0.25) is 0 Å². The van der Waals surface area contributed by atoms with E-state index in [2.05, 4.69) is 27.8 Å². The van der Waals surface area contributed by atoms with Gasteiger partial charge in [0.15, 0.2) is 0 Å². The number of benzene rings is 1. The summed E-state index contributed by atoms with van der Waals surface area (Å²) in [5, 5.41) is 6.33. The van der Waals surface area contributed by atoms with Gasteiger partial charge >= 0.3 is 5.97 Å². The summed E-state index contributed by atoms with van der Waals surface area (Å²) in [7, 11) is 1.35. The van der Waals surface area contributed by atoms with Crippen molar-refractivity contribution in [1.29, 1.82) is 0 Å². The summed E-state index contributed by atoms with van der Waals surface area (Å²) in [6, 6.07) is 8.27. The van der Waals surface area contributed by atoms with Crippen molar-refractivity contribution in [1.82, 2.24) is 10.3 Å². The molecule has 0 saturated carbocycles. The van der Waals surface area contributed by atoms with Gasteiger partial charge in [-0.3, -0.25) is 4.79 Å². The average Bonchev–Trinajstić information content (AvgIpc) is 3.22. The molecule has 0 atom stereocenters. The molecular weight excluding hydrogens is 348 g/mol. The Labute approximate surface area is 156 Å². The van der Waals surface area contributed by atoms with E-state index in [-0.39, 0.29) is 5.91 Å². The number of nitrogens with one attached hydrogen (secondary N) is 2. The predicted octanol–water partition coefficient (Wildman–Crippen LogP) is 3.86. The Morgan fingerprint density at radius 1 is 1.27 bits per heavy atom. The Hall–Kier alpha value is -2.60. The SMILES string of the molecule is CCc1[nH]c(C(=O)NCCc2csc3ccccc23)c(C)c1C(=O)OC. The molecule has 2 aromatic heterocycles. The summed E-state index contributed by atoms with van der Waals surface area (Å²) in [4.78, 5) is 27.6. The fraction of sp³-hybridized carbons (Fsp3) is 0.300. The number of methoxy groups -OCH3 is 1. The third-order valence-corrected chi connectivity index (χ3v) is 5.55. The second-order valence-electron chi connectivity index (χ2n) is 6.09. The fourth-order valence-corrected chi connectivity index (χ4v) is 4.15. The Bertz CT molecular complexity index is 955. The number of aryl methyl sites for hydroxylation is 1. The zero-order chi connectivity index (χ0) is 18.7. The number of carbonyl (C=O) groups is 2. The van der Waals surface area contributed by atoms with Crippen molar-refractivity contribution < 1.29 is 14.3 Å². The maximum Gasteiger partial charge on any atom is 0.339 e. The number of esters is 1. The van der Waals surface area contributed by atoms with Crippen LogP contribution in [0.15, 0.2) is 29.6 Å². The highest BCUT2D eigenvalue weighted by molar-refractivity contribution is 7.17. The number of aromatic amines is 1. The van der Waals surface area contributed by atoms with Gasteiger partial charge in [0.25, 0.3) is 5.91 Å². The lowest BCUT2D eigenvalue weighted by Gasteiger charge is -2.05. The molecule has 0 bridgehead atoms. The molecule has 0 fully saturated rings. The minimum absolute atomic E-state index is 0.202. The summed E-state index contributed by atoms with van der Waals surface area (Å²) < 4.78 is 6.09. The highest BCUT2D eigenvalue weighted by Gasteiger charge is 2.23. The van der Waals surface area contributed by atoms with Gasteiger partial charge in [-0.25, -0.2) is 4.79 Å². The molecule has 1 aromatic carbocycles. The molecule has 2 N–H and O–H groups in total. The highest BCUT2D eigenvalue weighted by Crippen LogP contribution is 2.26. The van der Waals surface area contributed by atoms with Gasteiger partial charge < -0.3 is 15.0 Å². The zero-order valence-corrected chi connectivity index (χ0v) is 16.0. The van der Waals surface area contributed by atoms with Gasteiger partial charge in [0.2, 0.25) is 0 Å². The molecule has 0 aliphatic carbocycles. The fourth-order valence-electron chi connectivity index (χ4n) is 3.15. The van der Waals surface area contributed by atoms with Gasteiger partial charge in [0, 0.05) is 16.9 Å². The number of fused-ring (bicyclic) bond motifs is 1. The number of rotatable bonds is 6. The summed E-state index contributed by atoms with van der Waals surface area (Å²) >= 11 is 1.72. The molecule has 3 aromatic rings. The van der Waals surface area contributed by atoms with E-state index < -0.39 is 5.97 Å². The van der Waals surface area contributed by atoms with Crippen LogP contribution < -0.4 is 5.32 Å². The number of aromatic nitrogens is 1. The number of hydrogen-bond donors (Lipinski definition) is 2. The molecule has 0 radical (unpaired) electrons. The van der Waals surface area contributed by atoms with E-state index >= 15 is 0 Å². The van der Waals surface area contributed by atoms with Gasteiger partial charge in [-0.2, -0.15) is 0 Å². The molecule has 0 spiro atoms. The molecule has 0 aliphatic rings. The van der Waals surface area contributed by atoms with Crippen molar-refractivity contribution in [3.63, 3.8) is 0 Å². The summed E-state index contributed by atoms with van der Waals surface area (Å²) in [6.07, 6.45) is 1.39.